The molecule has 1 amide bonds. The van der Waals surface area contributed by atoms with E-state index in [9.17, 15) is 4.79 Å². The number of carbonyl (C=O) groups is 1. The molecule has 0 aliphatic heterocycles. The van der Waals surface area contributed by atoms with Crippen LogP contribution in [0.25, 0.3) is 0 Å². The van der Waals surface area contributed by atoms with Crippen LogP contribution in [-0.4, -0.2) is 23.9 Å². The van der Waals surface area contributed by atoms with Gasteiger partial charge in [0.05, 0.1) is 13.0 Å². The van der Waals surface area contributed by atoms with E-state index in [0.717, 1.165) is 17.8 Å². The number of hydrogen-bond donors (Lipinski definition) is 0. The van der Waals surface area contributed by atoms with Gasteiger partial charge in [-0.25, -0.2) is 0 Å². The lowest BCUT2D eigenvalue weighted by atomic mass is 10.3. The van der Waals surface area contributed by atoms with Gasteiger partial charge in [0.15, 0.2) is 0 Å². The highest BCUT2D eigenvalue weighted by atomic mass is 32.1. The smallest absolute Gasteiger partial charge is 0.228 e. The SMILES string of the molecule is C#CCN(CCC)C(=O)Cc1cccs1. The molecule has 0 aromatic carbocycles. The highest BCUT2D eigenvalue weighted by Crippen LogP contribution is 2.10. The molecule has 0 atom stereocenters. The zero-order valence-electron chi connectivity index (χ0n) is 8.90. The predicted octanol–water partition coefficient (Wildman–Crippen LogP) is 2.16. The molecule has 2 nitrogen and oxygen atoms in total. The third-order valence-electron chi connectivity index (χ3n) is 2.03. The molecule has 0 saturated carbocycles. The van der Waals surface area contributed by atoms with Crippen LogP contribution in [0.4, 0.5) is 0 Å². The van der Waals surface area contributed by atoms with E-state index in [1.165, 1.54) is 0 Å². The molecule has 80 valence electrons. The van der Waals surface area contributed by atoms with Gasteiger partial charge in [-0.2, -0.15) is 0 Å². The zero-order valence-corrected chi connectivity index (χ0v) is 9.72. The third kappa shape index (κ3) is 3.77. The fourth-order valence-corrected chi connectivity index (χ4v) is 2.04. The molecular weight excluding hydrogens is 206 g/mol. The van der Waals surface area contributed by atoms with Crippen LogP contribution in [-0.2, 0) is 11.2 Å². The van der Waals surface area contributed by atoms with Crippen LogP contribution in [0.3, 0.4) is 0 Å². The summed E-state index contributed by atoms with van der Waals surface area (Å²) in [5, 5.41) is 1.98. The summed E-state index contributed by atoms with van der Waals surface area (Å²) in [5.41, 5.74) is 0. The van der Waals surface area contributed by atoms with E-state index in [4.69, 9.17) is 6.42 Å². The molecular formula is C12H15NOS. The van der Waals surface area contributed by atoms with Crippen LogP contribution in [0.1, 0.15) is 18.2 Å². The molecule has 0 fully saturated rings. The summed E-state index contributed by atoms with van der Waals surface area (Å²) in [6, 6.07) is 3.93. The molecule has 0 aliphatic carbocycles. The van der Waals surface area contributed by atoms with Gasteiger partial charge < -0.3 is 4.90 Å². The summed E-state index contributed by atoms with van der Waals surface area (Å²) in [5.74, 6) is 2.64. The minimum Gasteiger partial charge on any atom is -0.331 e. The Morgan fingerprint density at radius 2 is 2.47 bits per heavy atom. The van der Waals surface area contributed by atoms with E-state index in [1.54, 1.807) is 16.2 Å². The molecule has 0 aliphatic rings. The Bertz CT molecular complexity index is 337. The highest BCUT2D eigenvalue weighted by molar-refractivity contribution is 7.10. The fraction of sp³-hybridized carbons (Fsp3) is 0.417. The van der Waals surface area contributed by atoms with Crippen molar-refractivity contribution in [1.29, 1.82) is 0 Å². The Kier molecular flexibility index (Phi) is 4.92. The highest BCUT2D eigenvalue weighted by Gasteiger charge is 2.12. The van der Waals surface area contributed by atoms with Gasteiger partial charge in [-0.1, -0.05) is 18.9 Å². The molecule has 0 unspecified atom stereocenters. The predicted molar refractivity (Wildman–Crippen MR) is 63.7 cm³/mol. The van der Waals surface area contributed by atoms with Gasteiger partial charge in [-0.15, -0.1) is 17.8 Å². The average molecular weight is 221 g/mol. The molecule has 1 aromatic heterocycles. The summed E-state index contributed by atoms with van der Waals surface area (Å²) in [4.78, 5) is 14.7. The fourth-order valence-electron chi connectivity index (χ4n) is 1.35. The van der Waals surface area contributed by atoms with Crippen molar-refractivity contribution in [2.24, 2.45) is 0 Å². The van der Waals surface area contributed by atoms with Gasteiger partial charge >= 0.3 is 0 Å². The maximum absolute atomic E-state index is 11.8. The topological polar surface area (TPSA) is 20.3 Å². The first-order valence-corrected chi connectivity index (χ1v) is 5.89. The summed E-state index contributed by atoms with van der Waals surface area (Å²) >= 11 is 1.61. The second-order valence-electron chi connectivity index (χ2n) is 3.28. The first kappa shape index (κ1) is 11.8. The Hall–Kier alpha value is -1.27. The molecule has 0 radical (unpaired) electrons. The van der Waals surface area contributed by atoms with Crippen molar-refractivity contribution in [2.75, 3.05) is 13.1 Å². The lowest BCUT2D eigenvalue weighted by Gasteiger charge is -2.18. The summed E-state index contributed by atoms with van der Waals surface area (Å²) < 4.78 is 0. The molecule has 0 spiro atoms. The standard InChI is InChI=1S/C12H15NOS/c1-3-7-13(8-4-2)12(14)10-11-6-5-9-15-11/h1,5-6,9H,4,7-8,10H2,2H3. The van der Waals surface area contributed by atoms with Crippen LogP contribution >= 0.6 is 11.3 Å². The van der Waals surface area contributed by atoms with E-state index in [0.29, 0.717) is 13.0 Å². The van der Waals surface area contributed by atoms with E-state index >= 15 is 0 Å². The number of thiophene rings is 1. The molecule has 1 aromatic rings. The van der Waals surface area contributed by atoms with Gasteiger partial charge in [0.1, 0.15) is 0 Å². The Morgan fingerprint density at radius 1 is 1.67 bits per heavy atom. The van der Waals surface area contributed by atoms with Crippen molar-refractivity contribution >= 4 is 17.2 Å². The number of carbonyl (C=O) groups excluding carboxylic acids is 1. The Labute approximate surface area is 94.9 Å². The van der Waals surface area contributed by atoms with Crippen LogP contribution in [0.5, 0.6) is 0 Å². The average Bonchev–Trinajstić information content (AvgIpc) is 2.70. The van der Waals surface area contributed by atoms with Crippen LogP contribution in [0, 0.1) is 12.3 Å². The largest absolute Gasteiger partial charge is 0.331 e. The van der Waals surface area contributed by atoms with Crippen molar-refractivity contribution in [3.05, 3.63) is 22.4 Å². The molecule has 1 heterocycles. The first-order chi connectivity index (χ1) is 7.27. The third-order valence-corrected chi connectivity index (χ3v) is 2.91. The maximum atomic E-state index is 11.8. The Morgan fingerprint density at radius 3 is 3.00 bits per heavy atom. The molecule has 1 rings (SSSR count). The minimum absolute atomic E-state index is 0.122. The van der Waals surface area contributed by atoms with Crippen molar-refractivity contribution in [3.63, 3.8) is 0 Å². The lowest BCUT2D eigenvalue weighted by molar-refractivity contribution is -0.129. The second-order valence-corrected chi connectivity index (χ2v) is 4.31. The van der Waals surface area contributed by atoms with Gasteiger partial charge in [0, 0.05) is 11.4 Å². The van der Waals surface area contributed by atoms with E-state index in [1.807, 2.05) is 24.4 Å². The maximum Gasteiger partial charge on any atom is 0.228 e. The normalized spacial score (nSPS) is 9.60. The van der Waals surface area contributed by atoms with Crippen LogP contribution in [0.2, 0.25) is 0 Å². The first-order valence-electron chi connectivity index (χ1n) is 5.01. The number of amides is 1. The zero-order chi connectivity index (χ0) is 11.1. The molecule has 0 N–H and O–H groups in total. The van der Waals surface area contributed by atoms with Gasteiger partial charge in [0.25, 0.3) is 0 Å². The van der Waals surface area contributed by atoms with E-state index in [-0.39, 0.29) is 5.91 Å². The number of terminal acetylenes is 1. The summed E-state index contributed by atoms with van der Waals surface area (Å²) in [6.07, 6.45) is 6.64. The van der Waals surface area contributed by atoms with Gasteiger partial charge in [-0.05, 0) is 17.9 Å². The van der Waals surface area contributed by atoms with Gasteiger partial charge in [0.2, 0.25) is 5.91 Å². The Balaban J connectivity index is 2.53. The van der Waals surface area contributed by atoms with Crippen molar-refractivity contribution in [2.45, 2.75) is 19.8 Å². The quantitative estimate of drug-likeness (QED) is 0.698. The van der Waals surface area contributed by atoms with Crippen LogP contribution < -0.4 is 0 Å². The molecule has 3 heteroatoms. The molecule has 0 saturated heterocycles. The number of rotatable bonds is 5. The summed E-state index contributed by atoms with van der Waals surface area (Å²) in [6.45, 7) is 3.20. The molecule has 15 heavy (non-hydrogen) atoms. The monoisotopic (exact) mass is 221 g/mol. The van der Waals surface area contributed by atoms with Crippen molar-refractivity contribution < 1.29 is 4.79 Å². The molecule has 0 bridgehead atoms. The van der Waals surface area contributed by atoms with E-state index in [2.05, 4.69) is 5.92 Å². The van der Waals surface area contributed by atoms with E-state index < -0.39 is 0 Å². The van der Waals surface area contributed by atoms with Crippen LogP contribution in [0.15, 0.2) is 17.5 Å². The number of hydrogen-bond acceptors (Lipinski definition) is 2. The number of nitrogens with zero attached hydrogens (tertiary/aromatic N) is 1. The summed E-state index contributed by atoms with van der Waals surface area (Å²) in [7, 11) is 0. The minimum atomic E-state index is 0.122. The lowest BCUT2D eigenvalue weighted by Crippen LogP contribution is -2.33. The second kappa shape index (κ2) is 6.26. The van der Waals surface area contributed by atoms with Gasteiger partial charge in [-0.3, -0.25) is 4.79 Å². The van der Waals surface area contributed by atoms with Crippen molar-refractivity contribution in [3.8, 4) is 12.3 Å². The van der Waals surface area contributed by atoms with Crippen molar-refractivity contribution in [1.82, 2.24) is 4.90 Å².